The van der Waals surface area contributed by atoms with Crippen molar-refractivity contribution in [2.45, 2.75) is 30.5 Å². The fourth-order valence-corrected chi connectivity index (χ4v) is 5.14. The lowest BCUT2D eigenvalue weighted by Crippen LogP contribution is -2.17. The van der Waals surface area contributed by atoms with Crippen LogP contribution in [-0.4, -0.2) is 35.0 Å². The number of thiazole rings is 1. The average Bonchev–Trinajstić information content (AvgIpc) is 3.29. The summed E-state index contributed by atoms with van der Waals surface area (Å²) >= 11 is 3.02. The van der Waals surface area contributed by atoms with Crippen molar-refractivity contribution in [1.82, 2.24) is 4.98 Å². The molecule has 9 heteroatoms. The Balaban J connectivity index is 1.46. The summed E-state index contributed by atoms with van der Waals surface area (Å²) in [6, 6.07) is 5.48. The molecule has 0 aliphatic heterocycles. The number of hydrogen-bond donors (Lipinski definition) is 1. The number of Topliss-reactive ketones (excluding diaryl/α,β-unsaturated/α-hetero) is 1. The topological polar surface area (TPSA) is 98.5 Å². The molecule has 1 aromatic carbocycles. The highest BCUT2D eigenvalue weighted by atomic mass is 32.2. The predicted octanol–water partition coefficient (Wildman–Crippen LogP) is 4.32. The van der Waals surface area contributed by atoms with Gasteiger partial charge >= 0.3 is 5.97 Å². The second kappa shape index (κ2) is 8.38. The van der Waals surface area contributed by atoms with E-state index in [9.17, 15) is 14.4 Å². The Morgan fingerprint density at radius 3 is 3.03 bits per heavy atom. The highest BCUT2D eigenvalue weighted by Crippen LogP contribution is 2.32. The van der Waals surface area contributed by atoms with Gasteiger partial charge in [-0.05, 0) is 24.6 Å². The maximum atomic E-state index is 12.7. The van der Waals surface area contributed by atoms with E-state index in [-0.39, 0.29) is 23.2 Å². The standard InChI is InChI=1S/C20H18N2O5S2/c1-11(23)26-7-8-28-20-22-14-6-5-12(9-17(14)29-20)21-19(25)13-10-27-16-4-2-3-15(24)18(13)16/h5-6,9-10H,2-4,7-8H2,1H3,(H,21,25). The number of furan rings is 1. The third-order valence-electron chi connectivity index (χ3n) is 4.44. The maximum absolute atomic E-state index is 12.7. The molecule has 0 bridgehead atoms. The minimum absolute atomic E-state index is 0.0431. The fraction of sp³-hybridized carbons (Fsp3) is 0.300. The summed E-state index contributed by atoms with van der Waals surface area (Å²) in [4.78, 5) is 40.2. The first-order valence-corrected chi connectivity index (χ1v) is 10.9. The Bertz CT molecular complexity index is 1100. The number of esters is 1. The number of aryl methyl sites for hydroxylation is 1. The van der Waals surface area contributed by atoms with Gasteiger partial charge in [-0.2, -0.15) is 0 Å². The monoisotopic (exact) mass is 430 g/mol. The Morgan fingerprint density at radius 2 is 2.21 bits per heavy atom. The minimum atomic E-state index is -0.356. The summed E-state index contributed by atoms with van der Waals surface area (Å²) in [7, 11) is 0. The number of carbonyl (C=O) groups excluding carboxylic acids is 3. The molecule has 0 unspecified atom stereocenters. The summed E-state index contributed by atoms with van der Waals surface area (Å²) in [5.41, 5.74) is 2.16. The average molecular weight is 431 g/mol. The fourth-order valence-electron chi connectivity index (χ4n) is 3.15. The molecule has 0 saturated heterocycles. The largest absolute Gasteiger partial charge is 0.468 e. The lowest BCUT2D eigenvalue weighted by atomic mass is 9.94. The number of thioether (sulfide) groups is 1. The molecule has 150 valence electrons. The Labute approximate surface area is 174 Å². The first-order chi connectivity index (χ1) is 14.0. The zero-order valence-corrected chi connectivity index (χ0v) is 17.3. The molecule has 0 spiro atoms. The number of anilines is 1. The van der Waals surface area contributed by atoms with Gasteiger partial charge in [0, 0.05) is 31.2 Å². The molecule has 1 amide bonds. The number of ketones is 1. The summed E-state index contributed by atoms with van der Waals surface area (Å²) < 4.78 is 12.1. The van der Waals surface area contributed by atoms with E-state index in [1.165, 1.54) is 36.3 Å². The molecule has 0 fully saturated rings. The number of benzene rings is 1. The molecular weight excluding hydrogens is 412 g/mol. The van der Waals surface area contributed by atoms with E-state index in [4.69, 9.17) is 9.15 Å². The summed E-state index contributed by atoms with van der Waals surface area (Å²) in [6.45, 7) is 1.72. The van der Waals surface area contributed by atoms with Crippen LogP contribution in [0.4, 0.5) is 5.69 Å². The molecule has 29 heavy (non-hydrogen) atoms. The van der Waals surface area contributed by atoms with Gasteiger partial charge in [0.25, 0.3) is 5.91 Å². The molecular formula is C20H18N2O5S2. The molecule has 2 heterocycles. The van der Waals surface area contributed by atoms with Gasteiger partial charge in [-0.25, -0.2) is 4.98 Å². The van der Waals surface area contributed by atoms with Crippen molar-refractivity contribution in [1.29, 1.82) is 0 Å². The minimum Gasteiger partial charge on any atom is -0.468 e. The van der Waals surface area contributed by atoms with Crippen LogP contribution in [0.5, 0.6) is 0 Å². The van der Waals surface area contributed by atoms with Crippen molar-refractivity contribution in [3.05, 3.63) is 41.3 Å². The van der Waals surface area contributed by atoms with Crippen LogP contribution < -0.4 is 5.32 Å². The number of rotatable bonds is 6. The zero-order valence-electron chi connectivity index (χ0n) is 15.6. The van der Waals surface area contributed by atoms with E-state index >= 15 is 0 Å². The molecule has 3 aromatic rings. The number of amides is 1. The van der Waals surface area contributed by atoms with Crippen LogP contribution in [0.1, 0.15) is 46.2 Å². The van der Waals surface area contributed by atoms with Gasteiger partial charge in [0.2, 0.25) is 0 Å². The molecule has 4 rings (SSSR count). The molecule has 0 radical (unpaired) electrons. The highest BCUT2D eigenvalue weighted by Gasteiger charge is 2.27. The second-order valence-corrected chi connectivity index (χ2v) is 8.90. The number of nitrogens with one attached hydrogen (secondary N) is 1. The number of aromatic nitrogens is 1. The third kappa shape index (κ3) is 4.35. The molecule has 1 aliphatic carbocycles. The first-order valence-electron chi connectivity index (χ1n) is 9.13. The van der Waals surface area contributed by atoms with Crippen LogP contribution in [0, 0.1) is 0 Å². The molecule has 7 nitrogen and oxygen atoms in total. The lowest BCUT2D eigenvalue weighted by Gasteiger charge is -2.10. The maximum Gasteiger partial charge on any atom is 0.302 e. The van der Waals surface area contributed by atoms with Crippen molar-refractivity contribution in [3.8, 4) is 0 Å². The molecule has 0 atom stereocenters. The summed E-state index contributed by atoms with van der Waals surface area (Å²) in [5, 5.41) is 2.84. The SMILES string of the molecule is CC(=O)OCCSc1nc2ccc(NC(=O)c3coc4c3C(=O)CCC4)cc2s1. The molecule has 2 aromatic heterocycles. The first kappa shape index (κ1) is 19.7. The van der Waals surface area contributed by atoms with E-state index in [1.54, 1.807) is 6.07 Å². The highest BCUT2D eigenvalue weighted by molar-refractivity contribution is 8.01. The van der Waals surface area contributed by atoms with Crippen molar-refractivity contribution >= 4 is 56.7 Å². The zero-order chi connectivity index (χ0) is 20.4. The van der Waals surface area contributed by atoms with Gasteiger partial charge in [-0.1, -0.05) is 11.8 Å². The number of nitrogens with zero attached hydrogens (tertiary/aromatic N) is 1. The number of ether oxygens (including phenoxy) is 1. The van der Waals surface area contributed by atoms with E-state index in [0.29, 0.717) is 42.2 Å². The Hall–Kier alpha value is -2.65. The second-order valence-electron chi connectivity index (χ2n) is 6.53. The summed E-state index contributed by atoms with van der Waals surface area (Å²) in [5.74, 6) is 0.530. The smallest absolute Gasteiger partial charge is 0.302 e. The lowest BCUT2D eigenvalue weighted by molar-refractivity contribution is -0.140. The number of carbonyl (C=O) groups is 3. The van der Waals surface area contributed by atoms with E-state index in [1.807, 2.05) is 12.1 Å². The van der Waals surface area contributed by atoms with Gasteiger partial charge in [0.05, 0.1) is 21.3 Å². The van der Waals surface area contributed by atoms with Gasteiger partial charge in [-0.3, -0.25) is 14.4 Å². The Morgan fingerprint density at radius 1 is 1.34 bits per heavy atom. The number of hydrogen-bond acceptors (Lipinski definition) is 8. The van der Waals surface area contributed by atoms with E-state index in [2.05, 4.69) is 10.3 Å². The van der Waals surface area contributed by atoms with E-state index in [0.717, 1.165) is 21.0 Å². The van der Waals surface area contributed by atoms with Gasteiger partial charge < -0.3 is 14.5 Å². The summed E-state index contributed by atoms with van der Waals surface area (Å²) in [6.07, 6.45) is 3.24. The predicted molar refractivity (Wildman–Crippen MR) is 111 cm³/mol. The van der Waals surface area contributed by atoms with Crippen molar-refractivity contribution < 1.29 is 23.5 Å². The van der Waals surface area contributed by atoms with Crippen LogP contribution in [0.2, 0.25) is 0 Å². The van der Waals surface area contributed by atoms with E-state index < -0.39 is 0 Å². The quantitative estimate of drug-likeness (QED) is 0.353. The number of fused-ring (bicyclic) bond motifs is 2. The van der Waals surface area contributed by atoms with Gasteiger partial charge in [-0.15, -0.1) is 11.3 Å². The van der Waals surface area contributed by atoms with Crippen LogP contribution in [0.25, 0.3) is 10.2 Å². The molecule has 0 saturated carbocycles. The normalized spacial score (nSPS) is 13.3. The Kier molecular flexibility index (Phi) is 5.68. The molecule has 1 N–H and O–H groups in total. The van der Waals surface area contributed by atoms with Crippen molar-refractivity contribution in [2.24, 2.45) is 0 Å². The van der Waals surface area contributed by atoms with Crippen LogP contribution in [0.3, 0.4) is 0 Å². The van der Waals surface area contributed by atoms with Crippen molar-refractivity contribution in [2.75, 3.05) is 17.7 Å². The van der Waals surface area contributed by atoms with Crippen LogP contribution in [-0.2, 0) is 16.0 Å². The van der Waals surface area contributed by atoms with Gasteiger partial charge in [0.1, 0.15) is 18.6 Å². The van der Waals surface area contributed by atoms with Gasteiger partial charge in [0.15, 0.2) is 10.1 Å². The van der Waals surface area contributed by atoms with Crippen LogP contribution >= 0.6 is 23.1 Å². The third-order valence-corrected chi connectivity index (χ3v) is 6.56. The van der Waals surface area contributed by atoms with Crippen molar-refractivity contribution in [3.63, 3.8) is 0 Å². The molecule has 1 aliphatic rings. The van der Waals surface area contributed by atoms with Crippen LogP contribution in [0.15, 0.2) is 33.2 Å².